The van der Waals surface area contributed by atoms with E-state index >= 15 is 0 Å². The van der Waals surface area contributed by atoms with Crippen molar-refractivity contribution in [3.8, 4) is 0 Å². The molecule has 1 unspecified atom stereocenters. The van der Waals surface area contributed by atoms with E-state index in [0.29, 0.717) is 5.82 Å². The summed E-state index contributed by atoms with van der Waals surface area (Å²) in [4.78, 5) is 16.8. The van der Waals surface area contributed by atoms with Gasteiger partial charge in [-0.2, -0.15) is 0 Å². The first-order valence-electron chi connectivity index (χ1n) is 6.62. The van der Waals surface area contributed by atoms with Gasteiger partial charge in [-0.25, -0.2) is 4.98 Å². The molecule has 0 radical (unpaired) electrons. The van der Waals surface area contributed by atoms with Crippen molar-refractivity contribution in [2.45, 2.75) is 33.1 Å². The van der Waals surface area contributed by atoms with Gasteiger partial charge in [0.2, 0.25) is 5.91 Å². The third-order valence-electron chi connectivity index (χ3n) is 3.58. The van der Waals surface area contributed by atoms with E-state index in [1.165, 1.54) is 0 Å². The van der Waals surface area contributed by atoms with E-state index in [1.807, 2.05) is 25.1 Å². The lowest BCUT2D eigenvalue weighted by atomic mass is 9.81. The quantitative estimate of drug-likeness (QED) is 0.856. The normalized spacial score (nSPS) is 23.0. The molecular formula is C14H21N3O. The molecule has 0 saturated carbocycles. The number of aromatic nitrogens is 1. The van der Waals surface area contributed by atoms with Crippen molar-refractivity contribution < 1.29 is 4.79 Å². The minimum atomic E-state index is -0.250. The number of carbonyl (C=O) groups excluding carboxylic acids is 1. The summed E-state index contributed by atoms with van der Waals surface area (Å²) in [5, 5.41) is 6.26. The number of nitrogens with zero attached hydrogens (tertiary/aromatic N) is 1. The maximum atomic E-state index is 12.4. The first kappa shape index (κ1) is 13.0. The number of amides is 1. The Morgan fingerprint density at radius 3 is 3.00 bits per heavy atom. The maximum Gasteiger partial charge on any atom is 0.233 e. The van der Waals surface area contributed by atoms with E-state index in [-0.39, 0.29) is 11.3 Å². The summed E-state index contributed by atoms with van der Waals surface area (Å²) in [6, 6.07) is 5.68. The molecule has 2 heterocycles. The first-order chi connectivity index (χ1) is 8.66. The summed E-state index contributed by atoms with van der Waals surface area (Å²) >= 11 is 0. The number of hydrogen-bond donors (Lipinski definition) is 2. The molecule has 2 rings (SSSR count). The van der Waals surface area contributed by atoms with Gasteiger partial charge >= 0.3 is 0 Å². The van der Waals surface area contributed by atoms with E-state index < -0.39 is 0 Å². The Bertz CT molecular complexity index is 425. The molecule has 1 fully saturated rings. The van der Waals surface area contributed by atoms with Crippen LogP contribution in [0.2, 0.25) is 0 Å². The molecular weight excluding hydrogens is 226 g/mol. The second kappa shape index (κ2) is 5.48. The minimum absolute atomic E-state index is 0.104. The Kier molecular flexibility index (Phi) is 3.97. The van der Waals surface area contributed by atoms with E-state index in [2.05, 4.69) is 22.5 Å². The summed E-state index contributed by atoms with van der Waals surface area (Å²) in [6.45, 7) is 5.75. The van der Waals surface area contributed by atoms with Crippen LogP contribution in [0.5, 0.6) is 0 Å². The molecule has 1 atom stereocenters. The van der Waals surface area contributed by atoms with Gasteiger partial charge in [0, 0.05) is 12.2 Å². The molecule has 1 aromatic heterocycles. The first-order valence-corrected chi connectivity index (χ1v) is 6.62. The Hall–Kier alpha value is -1.42. The second-order valence-electron chi connectivity index (χ2n) is 5.08. The maximum absolute atomic E-state index is 12.4. The zero-order chi connectivity index (χ0) is 13.0. The summed E-state index contributed by atoms with van der Waals surface area (Å²) in [6.07, 6.45) is 2.87. The smallest absolute Gasteiger partial charge is 0.233 e. The van der Waals surface area contributed by atoms with E-state index in [1.54, 1.807) is 0 Å². The summed E-state index contributed by atoms with van der Waals surface area (Å²) < 4.78 is 0. The minimum Gasteiger partial charge on any atom is -0.316 e. The van der Waals surface area contributed by atoms with Crippen molar-refractivity contribution in [1.29, 1.82) is 0 Å². The SMILES string of the molecule is CCCC1(C(=O)Nc2cccc(C)n2)CCNC1. The topological polar surface area (TPSA) is 54.0 Å². The molecule has 1 amide bonds. The van der Waals surface area contributed by atoms with Gasteiger partial charge in [0.15, 0.2) is 0 Å². The van der Waals surface area contributed by atoms with Crippen LogP contribution >= 0.6 is 0 Å². The van der Waals surface area contributed by atoms with Crippen LogP contribution in [-0.2, 0) is 4.79 Å². The summed E-state index contributed by atoms with van der Waals surface area (Å²) in [5.41, 5.74) is 0.669. The molecule has 4 nitrogen and oxygen atoms in total. The van der Waals surface area contributed by atoms with Crippen LogP contribution in [0.3, 0.4) is 0 Å². The lowest BCUT2D eigenvalue weighted by Crippen LogP contribution is -2.38. The fourth-order valence-electron chi connectivity index (χ4n) is 2.60. The number of anilines is 1. The number of pyridine rings is 1. The average Bonchev–Trinajstić information content (AvgIpc) is 2.79. The van der Waals surface area contributed by atoms with Crippen LogP contribution in [0.15, 0.2) is 18.2 Å². The van der Waals surface area contributed by atoms with E-state index in [4.69, 9.17) is 0 Å². The Morgan fingerprint density at radius 2 is 2.39 bits per heavy atom. The highest BCUT2D eigenvalue weighted by molar-refractivity contribution is 5.95. The van der Waals surface area contributed by atoms with Crippen molar-refractivity contribution >= 4 is 11.7 Å². The fraction of sp³-hybridized carbons (Fsp3) is 0.571. The second-order valence-corrected chi connectivity index (χ2v) is 5.08. The molecule has 0 spiro atoms. The van der Waals surface area contributed by atoms with Crippen LogP contribution < -0.4 is 10.6 Å². The molecule has 0 aromatic carbocycles. The predicted molar refractivity (Wildman–Crippen MR) is 72.4 cm³/mol. The van der Waals surface area contributed by atoms with Gasteiger partial charge in [0.05, 0.1) is 5.41 Å². The molecule has 0 aliphatic carbocycles. The molecule has 1 aromatic rings. The van der Waals surface area contributed by atoms with Gasteiger partial charge in [0.1, 0.15) is 5.82 Å². The molecule has 98 valence electrons. The lowest BCUT2D eigenvalue weighted by molar-refractivity contribution is -0.125. The third-order valence-corrected chi connectivity index (χ3v) is 3.58. The van der Waals surface area contributed by atoms with Gasteiger partial charge in [0.25, 0.3) is 0 Å². The van der Waals surface area contributed by atoms with E-state index in [9.17, 15) is 4.79 Å². The summed E-state index contributed by atoms with van der Waals surface area (Å²) in [5.74, 6) is 0.759. The number of hydrogen-bond acceptors (Lipinski definition) is 3. The number of aryl methyl sites for hydroxylation is 1. The molecule has 1 aliphatic heterocycles. The Morgan fingerprint density at radius 1 is 1.56 bits per heavy atom. The molecule has 4 heteroatoms. The highest BCUT2D eigenvalue weighted by Gasteiger charge is 2.40. The monoisotopic (exact) mass is 247 g/mol. The van der Waals surface area contributed by atoms with Crippen molar-refractivity contribution in [2.75, 3.05) is 18.4 Å². The van der Waals surface area contributed by atoms with Crippen LogP contribution in [-0.4, -0.2) is 24.0 Å². The highest BCUT2D eigenvalue weighted by Crippen LogP contribution is 2.32. The number of nitrogens with one attached hydrogen (secondary N) is 2. The Balaban J connectivity index is 2.10. The summed E-state index contributed by atoms with van der Waals surface area (Å²) in [7, 11) is 0. The standard InChI is InChI=1S/C14H21N3O/c1-3-7-14(8-9-15-10-14)13(18)17-12-6-4-5-11(2)16-12/h4-6,15H,3,7-10H2,1-2H3,(H,16,17,18). The average molecular weight is 247 g/mol. The fourth-order valence-corrected chi connectivity index (χ4v) is 2.60. The van der Waals surface area contributed by atoms with Crippen LogP contribution in [0.4, 0.5) is 5.82 Å². The van der Waals surface area contributed by atoms with Gasteiger partial charge in [-0.05, 0) is 38.4 Å². The zero-order valence-corrected chi connectivity index (χ0v) is 11.1. The van der Waals surface area contributed by atoms with Crippen LogP contribution in [0.1, 0.15) is 31.9 Å². The predicted octanol–water partition coefficient (Wildman–Crippen LogP) is 2.11. The number of carbonyl (C=O) groups is 1. The van der Waals surface area contributed by atoms with Crippen LogP contribution in [0.25, 0.3) is 0 Å². The zero-order valence-electron chi connectivity index (χ0n) is 11.1. The van der Waals surface area contributed by atoms with Crippen molar-refractivity contribution in [2.24, 2.45) is 5.41 Å². The molecule has 1 aliphatic rings. The molecule has 1 saturated heterocycles. The largest absolute Gasteiger partial charge is 0.316 e. The number of rotatable bonds is 4. The van der Waals surface area contributed by atoms with Gasteiger partial charge in [-0.3, -0.25) is 4.79 Å². The lowest BCUT2D eigenvalue weighted by Gasteiger charge is -2.26. The Labute approximate surface area is 108 Å². The molecule has 2 N–H and O–H groups in total. The van der Waals surface area contributed by atoms with Crippen molar-refractivity contribution in [1.82, 2.24) is 10.3 Å². The molecule has 18 heavy (non-hydrogen) atoms. The van der Waals surface area contributed by atoms with E-state index in [0.717, 1.165) is 38.0 Å². The van der Waals surface area contributed by atoms with Gasteiger partial charge in [-0.1, -0.05) is 19.4 Å². The van der Waals surface area contributed by atoms with Gasteiger partial charge in [-0.15, -0.1) is 0 Å². The highest BCUT2D eigenvalue weighted by atomic mass is 16.2. The van der Waals surface area contributed by atoms with Crippen LogP contribution in [0, 0.1) is 12.3 Å². The third kappa shape index (κ3) is 2.70. The van der Waals surface area contributed by atoms with Crippen molar-refractivity contribution in [3.63, 3.8) is 0 Å². The van der Waals surface area contributed by atoms with Gasteiger partial charge < -0.3 is 10.6 Å². The molecule has 0 bridgehead atoms. The van der Waals surface area contributed by atoms with Crippen molar-refractivity contribution in [3.05, 3.63) is 23.9 Å².